The number of anilines is 1. The van der Waals surface area contributed by atoms with Crippen LogP contribution in [0.1, 0.15) is 5.56 Å². The van der Waals surface area contributed by atoms with Gasteiger partial charge in [-0.15, -0.1) is 0 Å². The van der Waals surface area contributed by atoms with Crippen LogP contribution in [-0.4, -0.2) is 41.1 Å². The van der Waals surface area contributed by atoms with E-state index in [4.69, 9.17) is 14.7 Å². The molecule has 0 N–H and O–H groups in total. The third-order valence-corrected chi connectivity index (χ3v) is 6.80. The summed E-state index contributed by atoms with van der Waals surface area (Å²) in [4.78, 5) is 12.7. The molecule has 2 aromatic rings. The van der Waals surface area contributed by atoms with Crippen LogP contribution >= 0.6 is 7.14 Å². The van der Waals surface area contributed by atoms with Crippen molar-refractivity contribution in [2.75, 3.05) is 31.4 Å². The molecule has 0 spiro atoms. The number of aryl methyl sites for hydroxylation is 1. The van der Waals surface area contributed by atoms with E-state index in [0.717, 1.165) is 0 Å². The zero-order valence-corrected chi connectivity index (χ0v) is 18.2. The molecular formula is C19H21N2O6PS. The third-order valence-electron chi connectivity index (χ3n) is 3.80. The normalized spacial score (nSPS) is 11.4. The van der Waals surface area contributed by atoms with Gasteiger partial charge in [-0.2, -0.15) is 9.57 Å². The lowest BCUT2D eigenvalue weighted by Crippen LogP contribution is -2.36. The van der Waals surface area contributed by atoms with Crippen LogP contribution in [0.5, 0.6) is 11.5 Å². The summed E-state index contributed by atoms with van der Waals surface area (Å²) < 4.78 is 50.4. The van der Waals surface area contributed by atoms with Crippen molar-refractivity contribution in [2.24, 2.45) is 0 Å². The summed E-state index contributed by atoms with van der Waals surface area (Å²) in [5, 5.41) is 8.72. The molecule has 0 heterocycles. The fraction of sp³-hybridized carbons (Fsp3) is 0.263. The summed E-state index contributed by atoms with van der Waals surface area (Å²) in [7, 11) is -6.65. The number of methoxy groups -OCH3 is 1. The maximum atomic E-state index is 13.4. The fourth-order valence-electron chi connectivity index (χ4n) is 2.55. The summed E-state index contributed by atoms with van der Waals surface area (Å²) >= 11 is 0. The average Bonchev–Trinajstić information content (AvgIpc) is 2.65. The minimum absolute atomic E-state index is 0.0425. The van der Waals surface area contributed by atoms with Gasteiger partial charge in [-0.3, -0.25) is 4.79 Å². The molecule has 0 radical (unpaired) electrons. The van der Waals surface area contributed by atoms with E-state index in [-0.39, 0.29) is 28.7 Å². The topological polar surface area (TPSA) is 114 Å². The van der Waals surface area contributed by atoms with E-state index in [0.29, 0.717) is 9.87 Å². The average molecular weight is 436 g/mol. The number of rotatable bonds is 7. The molecule has 2 aromatic carbocycles. The van der Waals surface area contributed by atoms with Gasteiger partial charge in [-0.05, 0) is 50.1 Å². The molecule has 2 rings (SSSR count). The van der Waals surface area contributed by atoms with Crippen LogP contribution < -0.4 is 13.8 Å². The van der Waals surface area contributed by atoms with Crippen molar-refractivity contribution in [2.45, 2.75) is 11.8 Å². The number of sulfonamides is 1. The van der Waals surface area contributed by atoms with E-state index in [1.165, 1.54) is 50.8 Å². The predicted molar refractivity (Wildman–Crippen MR) is 110 cm³/mol. The van der Waals surface area contributed by atoms with Gasteiger partial charge in [0, 0.05) is 6.07 Å². The van der Waals surface area contributed by atoms with Gasteiger partial charge in [0.2, 0.25) is 0 Å². The molecule has 154 valence electrons. The van der Waals surface area contributed by atoms with Gasteiger partial charge in [0.1, 0.15) is 22.5 Å². The van der Waals surface area contributed by atoms with E-state index in [1.54, 1.807) is 19.1 Å². The van der Waals surface area contributed by atoms with Gasteiger partial charge in [0.15, 0.2) is 13.7 Å². The van der Waals surface area contributed by atoms with E-state index >= 15 is 0 Å². The smallest absolute Gasteiger partial charge is 0.298 e. The highest BCUT2D eigenvalue weighted by molar-refractivity contribution is 7.96. The second kappa shape index (κ2) is 8.68. The summed E-state index contributed by atoms with van der Waals surface area (Å²) in [5.74, 6) is 0.248. The quantitative estimate of drug-likeness (QED) is 0.606. The number of para-hydroxylation sites is 1. The molecule has 0 bridgehead atoms. The first-order valence-electron chi connectivity index (χ1n) is 8.41. The third kappa shape index (κ3) is 4.97. The zero-order chi connectivity index (χ0) is 21.8. The fourth-order valence-corrected chi connectivity index (χ4v) is 5.45. The number of hydrogen-bond donors (Lipinski definition) is 0. The van der Waals surface area contributed by atoms with Crippen molar-refractivity contribution in [3.05, 3.63) is 48.0 Å². The molecule has 0 aliphatic heterocycles. The number of carbonyl (C=O) groups excluding carboxylic acids is 1. The van der Waals surface area contributed by atoms with Gasteiger partial charge in [0.25, 0.3) is 15.7 Å². The Balaban J connectivity index is 2.76. The first kappa shape index (κ1) is 22.5. The second-order valence-corrected chi connectivity index (χ2v) is 11.3. The van der Waals surface area contributed by atoms with Crippen molar-refractivity contribution in [3.8, 4) is 17.6 Å². The minimum atomic E-state index is -4.47. The van der Waals surface area contributed by atoms with Crippen LogP contribution in [0.2, 0.25) is 0 Å². The van der Waals surface area contributed by atoms with E-state index < -0.39 is 22.8 Å². The van der Waals surface area contributed by atoms with Gasteiger partial charge in [-0.25, -0.2) is 8.42 Å². The zero-order valence-electron chi connectivity index (χ0n) is 16.4. The maximum Gasteiger partial charge on any atom is 0.298 e. The number of nitriles is 1. The van der Waals surface area contributed by atoms with Crippen LogP contribution in [0, 0.1) is 18.3 Å². The molecule has 0 saturated heterocycles. The molecule has 0 aliphatic rings. The lowest BCUT2D eigenvalue weighted by atomic mass is 10.2. The Morgan fingerprint density at radius 3 is 2.45 bits per heavy atom. The van der Waals surface area contributed by atoms with Gasteiger partial charge < -0.3 is 14.0 Å². The van der Waals surface area contributed by atoms with Crippen LogP contribution in [0.25, 0.3) is 0 Å². The lowest BCUT2D eigenvalue weighted by Gasteiger charge is -2.25. The standard InChI is InChI=1S/C19H21N2O6PS/c1-14-11-15(13-16(12-14)27-10-9-20)21(19(22)28(3,4)23)29(24,25)18-8-6-5-7-17(18)26-2/h5-8,11-13H,10H2,1-4H3. The van der Waals surface area contributed by atoms with E-state index in [9.17, 15) is 17.8 Å². The molecule has 10 heteroatoms. The van der Waals surface area contributed by atoms with E-state index in [1.807, 2.05) is 6.07 Å². The molecule has 8 nitrogen and oxygen atoms in total. The number of ether oxygens (including phenoxy) is 2. The van der Waals surface area contributed by atoms with Crippen LogP contribution in [0.3, 0.4) is 0 Å². The Bertz CT molecular complexity index is 1120. The predicted octanol–water partition coefficient (Wildman–Crippen LogP) is 3.84. The summed E-state index contributed by atoms with van der Waals surface area (Å²) in [5.41, 5.74) is -0.511. The Morgan fingerprint density at radius 2 is 1.86 bits per heavy atom. The van der Waals surface area contributed by atoms with Crippen molar-refractivity contribution >= 4 is 28.5 Å². The molecule has 0 atom stereocenters. The molecule has 0 aromatic heterocycles. The lowest BCUT2D eigenvalue weighted by molar-refractivity contribution is 0.265. The maximum absolute atomic E-state index is 13.4. The first-order chi connectivity index (χ1) is 13.5. The van der Waals surface area contributed by atoms with Crippen molar-refractivity contribution in [1.29, 1.82) is 5.26 Å². The van der Waals surface area contributed by atoms with E-state index in [2.05, 4.69) is 0 Å². The number of nitrogens with zero attached hydrogens (tertiary/aromatic N) is 2. The first-order valence-corrected chi connectivity index (χ1v) is 12.5. The number of benzene rings is 2. The number of carbonyl (C=O) groups is 1. The molecule has 0 fully saturated rings. The highest BCUT2D eigenvalue weighted by atomic mass is 32.2. The SMILES string of the molecule is COc1ccccc1S(=O)(=O)N(C(=O)P(C)(C)=O)c1cc(C)cc(OCC#N)c1. The Kier molecular flexibility index (Phi) is 6.73. The van der Waals surface area contributed by atoms with Gasteiger partial charge >= 0.3 is 0 Å². The van der Waals surface area contributed by atoms with Gasteiger partial charge in [0.05, 0.1) is 12.8 Å². The Labute approximate surface area is 170 Å². The van der Waals surface area contributed by atoms with Crippen LogP contribution in [0.15, 0.2) is 47.4 Å². The van der Waals surface area contributed by atoms with Gasteiger partial charge in [-0.1, -0.05) is 12.1 Å². The molecule has 29 heavy (non-hydrogen) atoms. The van der Waals surface area contributed by atoms with Crippen LogP contribution in [0.4, 0.5) is 10.5 Å². The molecule has 0 aliphatic carbocycles. The highest BCUT2D eigenvalue weighted by Crippen LogP contribution is 2.44. The molecule has 0 saturated carbocycles. The largest absolute Gasteiger partial charge is 0.495 e. The second-order valence-electron chi connectivity index (χ2n) is 6.50. The summed E-state index contributed by atoms with van der Waals surface area (Å²) in [6.45, 7) is 3.82. The highest BCUT2D eigenvalue weighted by Gasteiger charge is 2.38. The Hall–Kier alpha value is -2.82. The molecule has 1 amide bonds. The summed E-state index contributed by atoms with van der Waals surface area (Å²) in [6, 6.07) is 12.0. The van der Waals surface area contributed by atoms with Crippen molar-refractivity contribution in [3.63, 3.8) is 0 Å². The van der Waals surface area contributed by atoms with Crippen molar-refractivity contribution in [1.82, 2.24) is 0 Å². The molecular weight excluding hydrogens is 415 g/mol. The number of hydrogen-bond acceptors (Lipinski definition) is 7. The summed E-state index contributed by atoms with van der Waals surface area (Å²) in [6.07, 6.45) is 0. The monoisotopic (exact) mass is 436 g/mol. The minimum Gasteiger partial charge on any atom is -0.495 e. The van der Waals surface area contributed by atoms with Crippen molar-refractivity contribution < 1.29 is 27.3 Å². The number of amides is 1. The molecule has 0 unspecified atom stereocenters. The Morgan fingerprint density at radius 1 is 1.21 bits per heavy atom. The van der Waals surface area contributed by atoms with Crippen LogP contribution in [-0.2, 0) is 14.6 Å².